The van der Waals surface area contributed by atoms with Gasteiger partial charge in [0.25, 0.3) is 0 Å². The first-order chi connectivity index (χ1) is 8.18. The smallest absolute Gasteiger partial charge is 0.0388 e. The quantitative estimate of drug-likeness (QED) is 0.823. The zero-order valence-electron chi connectivity index (χ0n) is 11.3. The molecule has 0 radical (unpaired) electrons. The molecule has 1 heterocycles. The van der Waals surface area contributed by atoms with Crippen molar-refractivity contribution in [3.05, 3.63) is 22.4 Å². The van der Waals surface area contributed by atoms with E-state index >= 15 is 0 Å². The largest absolute Gasteiger partial charge is 0.306 e. The molecule has 17 heavy (non-hydrogen) atoms. The second-order valence-corrected chi connectivity index (χ2v) is 6.68. The van der Waals surface area contributed by atoms with Gasteiger partial charge in [0.1, 0.15) is 0 Å². The molecule has 0 aliphatic heterocycles. The molecule has 0 bridgehead atoms. The third-order valence-corrected chi connectivity index (χ3v) is 5.16. The number of hydrogen-bond donors (Lipinski definition) is 1. The topological polar surface area (TPSA) is 12.0 Å². The van der Waals surface area contributed by atoms with Gasteiger partial charge in [-0.05, 0) is 43.0 Å². The first kappa shape index (κ1) is 13.1. The molecule has 0 amide bonds. The summed E-state index contributed by atoms with van der Waals surface area (Å²) in [5.74, 6) is 1.68. The Hall–Kier alpha value is -0.340. The lowest BCUT2D eigenvalue weighted by atomic mass is 9.77. The Balaban J connectivity index is 1.96. The van der Waals surface area contributed by atoms with Crippen molar-refractivity contribution in [1.29, 1.82) is 0 Å². The highest BCUT2D eigenvalue weighted by Crippen LogP contribution is 2.32. The van der Waals surface area contributed by atoms with Gasteiger partial charge in [0.2, 0.25) is 0 Å². The third kappa shape index (κ3) is 3.32. The maximum Gasteiger partial charge on any atom is 0.0388 e. The summed E-state index contributed by atoms with van der Waals surface area (Å²) in [5.41, 5.74) is 0. The van der Waals surface area contributed by atoms with Crippen LogP contribution in [0.15, 0.2) is 17.5 Å². The number of nitrogens with one attached hydrogen (secondary N) is 1. The highest BCUT2D eigenvalue weighted by Gasteiger charge is 2.28. The molecule has 1 nitrogen and oxygen atoms in total. The highest BCUT2D eigenvalue weighted by molar-refractivity contribution is 7.10. The van der Waals surface area contributed by atoms with Crippen molar-refractivity contribution >= 4 is 11.3 Å². The van der Waals surface area contributed by atoms with Crippen LogP contribution < -0.4 is 5.32 Å². The number of rotatable bonds is 4. The first-order valence-corrected chi connectivity index (χ1v) is 7.86. The van der Waals surface area contributed by atoms with Gasteiger partial charge in [0, 0.05) is 17.0 Å². The predicted molar refractivity (Wildman–Crippen MR) is 76.5 cm³/mol. The lowest BCUT2D eigenvalue weighted by molar-refractivity contribution is 0.195. The van der Waals surface area contributed by atoms with Crippen LogP contribution in [0.2, 0.25) is 0 Å². The molecule has 3 unspecified atom stereocenters. The lowest BCUT2D eigenvalue weighted by Crippen LogP contribution is -2.41. The van der Waals surface area contributed by atoms with Gasteiger partial charge >= 0.3 is 0 Å². The first-order valence-electron chi connectivity index (χ1n) is 6.98. The number of hydrogen-bond acceptors (Lipinski definition) is 2. The zero-order valence-corrected chi connectivity index (χ0v) is 12.1. The summed E-state index contributed by atoms with van der Waals surface area (Å²) in [5, 5.41) is 6.04. The summed E-state index contributed by atoms with van der Waals surface area (Å²) in [7, 11) is 0. The monoisotopic (exact) mass is 251 g/mol. The molecule has 1 aliphatic rings. The molecule has 1 fully saturated rings. The van der Waals surface area contributed by atoms with Crippen LogP contribution in [0.1, 0.15) is 57.4 Å². The van der Waals surface area contributed by atoms with Gasteiger partial charge in [-0.3, -0.25) is 0 Å². The van der Waals surface area contributed by atoms with E-state index in [4.69, 9.17) is 0 Å². The Morgan fingerprint density at radius 1 is 1.24 bits per heavy atom. The Morgan fingerprint density at radius 3 is 2.65 bits per heavy atom. The average Bonchev–Trinajstić information content (AvgIpc) is 2.83. The fraction of sp³-hybridized carbons (Fsp3) is 0.733. The van der Waals surface area contributed by atoms with Gasteiger partial charge in [-0.1, -0.05) is 32.8 Å². The van der Waals surface area contributed by atoms with E-state index < -0.39 is 0 Å². The van der Waals surface area contributed by atoms with Crippen LogP contribution in [0, 0.1) is 11.8 Å². The fourth-order valence-electron chi connectivity index (χ4n) is 3.11. The van der Waals surface area contributed by atoms with Crippen molar-refractivity contribution in [1.82, 2.24) is 5.32 Å². The summed E-state index contributed by atoms with van der Waals surface area (Å²) >= 11 is 1.87. The molecule has 2 heteroatoms. The predicted octanol–water partition coefficient (Wildman–Crippen LogP) is 4.61. The van der Waals surface area contributed by atoms with Crippen LogP contribution in [0.5, 0.6) is 0 Å². The molecule has 3 atom stereocenters. The van der Waals surface area contributed by atoms with Crippen molar-refractivity contribution in [2.45, 2.75) is 58.5 Å². The Morgan fingerprint density at radius 2 is 2.00 bits per heavy atom. The van der Waals surface area contributed by atoms with Crippen molar-refractivity contribution in [3.8, 4) is 0 Å². The molecule has 1 N–H and O–H groups in total. The molecular weight excluding hydrogens is 226 g/mol. The van der Waals surface area contributed by atoms with Gasteiger partial charge in [-0.2, -0.15) is 0 Å². The van der Waals surface area contributed by atoms with Crippen LogP contribution in [0.25, 0.3) is 0 Å². The van der Waals surface area contributed by atoms with E-state index in [1.54, 1.807) is 0 Å². The minimum atomic E-state index is 0.513. The fourth-order valence-corrected chi connectivity index (χ4v) is 3.85. The summed E-state index contributed by atoms with van der Waals surface area (Å²) in [6, 6.07) is 5.63. The summed E-state index contributed by atoms with van der Waals surface area (Å²) in [6.45, 7) is 7.05. The standard InChI is InChI=1S/C15H25NS/c1-11(2)13-7-4-5-8-14(13)16-12(3)15-9-6-10-17-15/h6,9-14,16H,4-5,7-8H2,1-3H3. The van der Waals surface area contributed by atoms with Gasteiger partial charge in [-0.15, -0.1) is 11.3 Å². The molecule has 1 aromatic heterocycles. The molecule has 1 saturated carbocycles. The molecule has 0 spiro atoms. The van der Waals surface area contributed by atoms with Crippen LogP contribution in [0.3, 0.4) is 0 Å². The van der Waals surface area contributed by atoms with Crippen molar-refractivity contribution < 1.29 is 0 Å². The maximum absolute atomic E-state index is 3.86. The van der Waals surface area contributed by atoms with Crippen LogP contribution >= 0.6 is 11.3 Å². The minimum Gasteiger partial charge on any atom is -0.306 e. The van der Waals surface area contributed by atoms with E-state index in [9.17, 15) is 0 Å². The van der Waals surface area contributed by atoms with E-state index in [0.717, 1.165) is 17.9 Å². The molecule has 1 aliphatic carbocycles. The van der Waals surface area contributed by atoms with Crippen LogP contribution in [-0.2, 0) is 0 Å². The normalized spacial score (nSPS) is 27.3. The summed E-state index contributed by atoms with van der Waals surface area (Å²) in [4.78, 5) is 1.47. The Bertz CT molecular complexity index is 318. The lowest BCUT2D eigenvalue weighted by Gasteiger charge is -2.36. The maximum atomic E-state index is 3.86. The van der Waals surface area contributed by atoms with Gasteiger partial charge in [-0.25, -0.2) is 0 Å². The summed E-state index contributed by atoms with van der Waals surface area (Å²) < 4.78 is 0. The van der Waals surface area contributed by atoms with E-state index in [1.807, 2.05) is 11.3 Å². The molecular formula is C15H25NS. The minimum absolute atomic E-state index is 0.513. The van der Waals surface area contributed by atoms with Gasteiger partial charge < -0.3 is 5.32 Å². The van der Waals surface area contributed by atoms with Crippen molar-refractivity contribution in [3.63, 3.8) is 0 Å². The van der Waals surface area contributed by atoms with E-state index in [0.29, 0.717) is 6.04 Å². The summed E-state index contributed by atoms with van der Waals surface area (Å²) in [6.07, 6.45) is 5.59. The molecule has 2 rings (SSSR count). The zero-order chi connectivity index (χ0) is 12.3. The Kier molecular flexibility index (Phi) is 4.63. The second-order valence-electron chi connectivity index (χ2n) is 5.70. The van der Waals surface area contributed by atoms with Gasteiger partial charge in [0.05, 0.1) is 0 Å². The van der Waals surface area contributed by atoms with E-state index in [-0.39, 0.29) is 0 Å². The molecule has 0 aromatic carbocycles. The van der Waals surface area contributed by atoms with Crippen molar-refractivity contribution in [2.75, 3.05) is 0 Å². The van der Waals surface area contributed by atoms with E-state index in [1.165, 1.54) is 30.6 Å². The van der Waals surface area contributed by atoms with Crippen LogP contribution in [0.4, 0.5) is 0 Å². The molecule has 0 saturated heterocycles. The highest BCUT2D eigenvalue weighted by atomic mass is 32.1. The Labute approximate surface area is 110 Å². The average molecular weight is 251 g/mol. The molecule has 1 aromatic rings. The van der Waals surface area contributed by atoms with Crippen molar-refractivity contribution in [2.24, 2.45) is 11.8 Å². The van der Waals surface area contributed by atoms with Gasteiger partial charge in [0.15, 0.2) is 0 Å². The number of thiophene rings is 1. The SMILES string of the molecule is CC(NC1CCCCC1C(C)C)c1cccs1. The third-order valence-electron chi connectivity index (χ3n) is 4.11. The van der Waals surface area contributed by atoms with E-state index in [2.05, 4.69) is 43.6 Å². The molecule has 96 valence electrons. The second kappa shape index (κ2) is 6.01. The van der Waals surface area contributed by atoms with Crippen LogP contribution in [-0.4, -0.2) is 6.04 Å².